The summed E-state index contributed by atoms with van der Waals surface area (Å²) in [4.78, 5) is 42.0. The number of benzene rings is 1. The van der Waals surface area contributed by atoms with Crippen LogP contribution >= 0.6 is 0 Å². The third kappa shape index (κ3) is 3.99. The normalized spacial score (nSPS) is 20.3. The fourth-order valence-corrected chi connectivity index (χ4v) is 3.92. The monoisotopic (exact) mass is 398 g/mol. The van der Waals surface area contributed by atoms with Crippen LogP contribution in [0.5, 0.6) is 0 Å². The molecule has 1 aromatic rings. The molecule has 7 heteroatoms. The van der Waals surface area contributed by atoms with Crippen LogP contribution in [0.25, 0.3) is 0 Å². The van der Waals surface area contributed by atoms with Crippen molar-refractivity contribution in [3.05, 3.63) is 47.2 Å². The lowest BCUT2D eigenvalue weighted by molar-refractivity contribution is -0.138. The molecule has 2 atom stereocenters. The van der Waals surface area contributed by atoms with Crippen LogP contribution in [0.2, 0.25) is 0 Å². The van der Waals surface area contributed by atoms with Crippen LogP contribution in [-0.4, -0.2) is 53.8 Å². The van der Waals surface area contributed by atoms with Crippen LogP contribution in [0, 0.1) is 11.8 Å². The number of nitrogens with one attached hydrogen (secondary N) is 2. The van der Waals surface area contributed by atoms with Gasteiger partial charge in [-0.1, -0.05) is 58.0 Å². The molecule has 0 radical (unpaired) electrons. The van der Waals surface area contributed by atoms with Gasteiger partial charge in [0.1, 0.15) is 6.04 Å². The minimum absolute atomic E-state index is 0.0587. The highest BCUT2D eigenvalue weighted by atomic mass is 16.2. The Hall–Kier alpha value is -2.83. The Kier molecular flexibility index (Phi) is 5.96. The predicted molar refractivity (Wildman–Crippen MR) is 111 cm³/mol. The summed E-state index contributed by atoms with van der Waals surface area (Å²) in [5.41, 5.74) is 2.05. The topological polar surface area (TPSA) is 81.8 Å². The molecule has 3 rings (SSSR count). The standard InChI is InChI=1S/C22H30N4O3/c1-13(2)11-23-20(27)19(14(3)4)26-12-16-17(21(26)28)18(24-22(29)25(16)5)15-9-7-6-8-10-15/h6-10,13-14,18-19H,11-12H2,1-5H3,(H,23,27)(H,24,29)/t18-,19+/m0/s1. The molecule has 29 heavy (non-hydrogen) atoms. The second-order valence-electron chi connectivity index (χ2n) is 8.47. The van der Waals surface area contributed by atoms with Gasteiger partial charge in [0.05, 0.1) is 23.9 Å². The number of likely N-dealkylation sites (N-methyl/N-ethyl adjacent to an activating group) is 1. The van der Waals surface area contributed by atoms with Gasteiger partial charge in [0.2, 0.25) is 5.91 Å². The summed E-state index contributed by atoms with van der Waals surface area (Å²) in [6.07, 6.45) is 0. The summed E-state index contributed by atoms with van der Waals surface area (Å²) >= 11 is 0. The van der Waals surface area contributed by atoms with Crippen molar-refractivity contribution >= 4 is 17.8 Å². The van der Waals surface area contributed by atoms with E-state index in [-0.39, 0.29) is 30.3 Å². The zero-order valence-electron chi connectivity index (χ0n) is 17.7. The summed E-state index contributed by atoms with van der Waals surface area (Å²) < 4.78 is 0. The van der Waals surface area contributed by atoms with Crippen molar-refractivity contribution in [3.63, 3.8) is 0 Å². The van der Waals surface area contributed by atoms with E-state index in [9.17, 15) is 14.4 Å². The Morgan fingerprint density at radius 1 is 1.17 bits per heavy atom. The summed E-state index contributed by atoms with van der Waals surface area (Å²) in [7, 11) is 1.66. The van der Waals surface area contributed by atoms with Gasteiger partial charge in [0, 0.05) is 13.6 Å². The molecule has 7 nitrogen and oxygen atoms in total. The summed E-state index contributed by atoms with van der Waals surface area (Å²) in [6, 6.07) is 8.09. The van der Waals surface area contributed by atoms with Crippen molar-refractivity contribution in [3.8, 4) is 0 Å². The van der Waals surface area contributed by atoms with Gasteiger partial charge in [-0.25, -0.2) is 4.79 Å². The first-order valence-corrected chi connectivity index (χ1v) is 10.1. The molecule has 1 aromatic carbocycles. The zero-order valence-corrected chi connectivity index (χ0v) is 17.7. The third-order valence-electron chi connectivity index (χ3n) is 5.44. The SMILES string of the molecule is CC(C)CNC(=O)[C@@H](C(C)C)N1CC2=C(C1=O)[C@H](c1ccccc1)NC(=O)N2C. The third-order valence-corrected chi connectivity index (χ3v) is 5.44. The van der Waals surface area contributed by atoms with Crippen LogP contribution in [0.4, 0.5) is 4.79 Å². The minimum atomic E-state index is -0.591. The maximum absolute atomic E-state index is 13.5. The van der Waals surface area contributed by atoms with Crippen LogP contribution in [0.15, 0.2) is 41.6 Å². The second-order valence-corrected chi connectivity index (χ2v) is 8.47. The lowest BCUT2D eigenvalue weighted by Crippen LogP contribution is -2.52. The largest absolute Gasteiger partial charge is 0.354 e. The Morgan fingerprint density at radius 2 is 1.83 bits per heavy atom. The van der Waals surface area contributed by atoms with Crippen molar-refractivity contribution < 1.29 is 14.4 Å². The molecule has 2 N–H and O–H groups in total. The van der Waals surface area contributed by atoms with Gasteiger partial charge in [-0.05, 0) is 17.4 Å². The molecular weight excluding hydrogens is 368 g/mol. The maximum Gasteiger partial charge on any atom is 0.322 e. The predicted octanol–water partition coefficient (Wildman–Crippen LogP) is 2.28. The molecule has 0 fully saturated rings. The Morgan fingerprint density at radius 3 is 2.41 bits per heavy atom. The Labute approximate surface area is 172 Å². The number of amides is 4. The van der Waals surface area contributed by atoms with Crippen molar-refractivity contribution in [2.24, 2.45) is 11.8 Å². The fourth-order valence-electron chi connectivity index (χ4n) is 3.92. The molecule has 0 spiro atoms. The number of urea groups is 1. The molecule has 2 aliphatic heterocycles. The highest BCUT2D eigenvalue weighted by Crippen LogP contribution is 2.37. The Bertz CT molecular complexity index is 832. The van der Waals surface area contributed by atoms with Crippen molar-refractivity contribution in [1.29, 1.82) is 0 Å². The van der Waals surface area contributed by atoms with E-state index in [2.05, 4.69) is 10.6 Å². The number of hydrogen-bond acceptors (Lipinski definition) is 3. The van der Waals surface area contributed by atoms with Gasteiger partial charge in [-0.15, -0.1) is 0 Å². The van der Waals surface area contributed by atoms with E-state index < -0.39 is 12.1 Å². The van der Waals surface area contributed by atoms with Crippen molar-refractivity contribution in [1.82, 2.24) is 20.4 Å². The molecule has 4 amide bonds. The van der Waals surface area contributed by atoms with Gasteiger partial charge in [0.15, 0.2) is 0 Å². The first-order chi connectivity index (χ1) is 13.7. The smallest absolute Gasteiger partial charge is 0.322 e. The highest BCUT2D eigenvalue weighted by Gasteiger charge is 2.46. The van der Waals surface area contributed by atoms with E-state index in [4.69, 9.17) is 0 Å². The molecule has 0 saturated heterocycles. The van der Waals surface area contributed by atoms with Crippen molar-refractivity contribution in [2.45, 2.75) is 39.8 Å². The van der Waals surface area contributed by atoms with Crippen LogP contribution in [-0.2, 0) is 9.59 Å². The van der Waals surface area contributed by atoms with Gasteiger partial charge in [0.25, 0.3) is 5.91 Å². The molecule has 0 bridgehead atoms. The number of carbonyl (C=O) groups excluding carboxylic acids is 3. The Balaban J connectivity index is 1.93. The van der Waals surface area contributed by atoms with Gasteiger partial charge in [-0.2, -0.15) is 0 Å². The molecule has 2 heterocycles. The molecule has 0 aromatic heterocycles. The number of carbonyl (C=O) groups is 3. The van der Waals surface area contributed by atoms with Gasteiger partial charge >= 0.3 is 6.03 Å². The quantitative estimate of drug-likeness (QED) is 0.771. The summed E-state index contributed by atoms with van der Waals surface area (Å²) in [6.45, 7) is 8.74. The van der Waals surface area contributed by atoms with Crippen LogP contribution < -0.4 is 10.6 Å². The molecule has 0 unspecified atom stereocenters. The second kappa shape index (κ2) is 8.27. The lowest BCUT2D eigenvalue weighted by Gasteiger charge is -2.31. The molecular formula is C22H30N4O3. The molecule has 156 valence electrons. The van der Waals surface area contributed by atoms with Gasteiger partial charge < -0.3 is 15.5 Å². The van der Waals surface area contributed by atoms with Crippen LogP contribution in [0.3, 0.4) is 0 Å². The number of hydrogen-bond donors (Lipinski definition) is 2. The van der Waals surface area contributed by atoms with E-state index in [0.717, 1.165) is 5.56 Å². The summed E-state index contributed by atoms with van der Waals surface area (Å²) in [5, 5.41) is 5.88. The van der Waals surface area contributed by atoms with Gasteiger partial charge in [-0.3, -0.25) is 14.5 Å². The fraction of sp³-hybridized carbons (Fsp3) is 0.500. The van der Waals surface area contributed by atoms with E-state index in [1.807, 2.05) is 58.0 Å². The minimum Gasteiger partial charge on any atom is -0.354 e. The molecule has 2 aliphatic rings. The zero-order chi connectivity index (χ0) is 21.3. The number of nitrogens with zero attached hydrogens (tertiary/aromatic N) is 2. The summed E-state index contributed by atoms with van der Waals surface area (Å²) in [5.74, 6) is -0.0846. The van der Waals surface area contributed by atoms with E-state index in [0.29, 0.717) is 23.7 Å². The maximum atomic E-state index is 13.5. The average molecular weight is 399 g/mol. The van der Waals surface area contributed by atoms with Crippen LogP contribution in [0.1, 0.15) is 39.3 Å². The lowest BCUT2D eigenvalue weighted by atomic mass is 9.95. The number of rotatable bonds is 6. The first kappa shape index (κ1) is 20.9. The van der Waals surface area contributed by atoms with E-state index in [1.165, 1.54) is 4.90 Å². The highest BCUT2D eigenvalue weighted by molar-refractivity contribution is 6.03. The van der Waals surface area contributed by atoms with Crippen molar-refractivity contribution in [2.75, 3.05) is 20.1 Å². The van der Waals surface area contributed by atoms with E-state index in [1.54, 1.807) is 11.9 Å². The first-order valence-electron chi connectivity index (χ1n) is 10.1. The van der Waals surface area contributed by atoms with E-state index >= 15 is 0 Å². The average Bonchev–Trinajstić information content (AvgIpc) is 3.01. The molecule has 0 aliphatic carbocycles. The molecule has 0 saturated carbocycles.